The van der Waals surface area contributed by atoms with Crippen LogP contribution in [-0.4, -0.2) is 31.2 Å². The van der Waals surface area contributed by atoms with Gasteiger partial charge in [0.25, 0.3) is 0 Å². The van der Waals surface area contributed by atoms with Gasteiger partial charge in [0.15, 0.2) is 0 Å². The average molecular weight is 272 g/mol. The van der Waals surface area contributed by atoms with Crippen LogP contribution in [0.2, 0.25) is 0 Å². The van der Waals surface area contributed by atoms with Crippen molar-refractivity contribution in [1.29, 1.82) is 0 Å². The Labute approximate surface area is 118 Å². The monoisotopic (exact) mass is 272 g/mol. The molecule has 0 aromatic carbocycles. The number of hydrogen-bond donors (Lipinski definition) is 2. The van der Waals surface area contributed by atoms with Gasteiger partial charge in [-0.1, -0.05) is 20.8 Å². The van der Waals surface area contributed by atoms with E-state index in [2.05, 4.69) is 26.1 Å². The maximum Gasteiger partial charge on any atom is 0.237 e. The van der Waals surface area contributed by atoms with Gasteiger partial charge < -0.3 is 15.8 Å². The Bertz CT molecular complexity index is 244. The van der Waals surface area contributed by atoms with E-state index in [1.807, 2.05) is 6.92 Å². The van der Waals surface area contributed by atoms with Gasteiger partial charge in [-0.25, -0.2) is 0 Å². The molecule has 4 nitrogen and oxygen atoms in total. The molecule has 0 spiro atoms. The highest BCUT2D eigenvalue weighted by Gasteiger charge is 2.29. The van der Waals surface area contributed by atoms with E-state index in [4.69, 9.17) is 10.5 Å². The largest absolute Gasteiger partial charge is 0.381 e. The lowest BCUT2D eigenvalue weighted by atomic mass is 9.95. The van der Waals surface area contributed by atoms with Crippen LogP contribution in [-0.2, 0) is 9.53 Å². The summed E-state index contributed by atoms with van der Waals surface area (Å²) in [5.74, 6) is 0.459. The molecule has 0 aromatic heterocycles. The Morgan fingerprint density at radius 1 is 1.32 bits per heavy atom. The summed E-state index contributed by atoms with van der Waals surface area (Å²) in [4.78, 5) is 11.5. The number of carbonyl (C=O) groups is 1. The first-order valence-electron chi connectivity index (χ1n) is 7.55. The first kappa shape index (κ1) is 18.4. The second-order valence-electron chi connectivity index (χ2n) is 5.88. The normalized spacial score (nSPS) is 14.6. The number of nitrogens with two attached hydrogens (primary N) is 1. The van der Waals surface area contributed by atoms with Crippen LogP contribution < -0.4 is 11.1 Å². The van der Waals surface area contributed by atoms with Crippen molar-refractivity contribution < 1.29 is 9.53 Å². The predicted molar refractivity (Wildman–Crippen MR) is 80.0 cm³/mol. The van der Waals surface area contributed by atoms with E-state index in [0.717, 1.165) is 44.8 Å². The third-order valence-corrected chi connectivity index (χ3v) is 3.34. The van der Waals surface area contributed by atoms with Crippen molar-refractivity contribution in [2.75, 3.05) is 19.8 Å². The fraction of sp³-hybridized carbons (Fsp3) is 0.933. The molecule has 1 atom stereocenters. The van der Waals surface area contributed by atoms with Gasteiger partial charge in [0, 0.05) is 13.2 Å². The standard InChI is InChI=1S/C15H32N2O2/c1-5-10-17-15(4,14(16)18)9-7-12-19-11-6-8-13(2)3/h13,17H,5-12H2,1-4H3,(H2,16,18). The lowest BCUT2D eigenvalue weighted by Crippen LogP contribution is -2.53. The first-order chi connectivity index (χ1) is 8.92. The zero-order valence-corrected chi connectivity index (χ0v) is 13.1. The van der Waals surface area contributed by atoms with Gasteiger partial charge in [0.2, 0.25) is 5.91 Å². The summed E-state index contributed by atoms with van der Waals surface area (Å²) in [7, 11) is 0. The fourth-order valence-electron chi connectivity index (χ4n) is 1.92. The number of ether oxygens (including phenoxy) is 1. The van der Waals surface area contributed by atoms with Crippen LogP contribution in [0.5, 0.6) is 0 Å². The van der Waals surface area contributed by atoms with Gasteiger partial charge >= 0.3 is 0 Å². The number of amides is 1. The quantitative estimate of drug-likeness (QED) is 0.536. The molecule has 0 saturated carbocycles. The van der Waals surface area contributed by atoms with Crippen LogP contribution in [0.25, 0.3) is 0 Å². The molecule has 3 N–H and O–H groups in total. The summed E-state index contributed by atoms with van der Waals surface area (Å²) >= 11 is 0. The van der Waals surface area contributed by atoms with E-state index in [0.29, 0.717) is 6.61 Å². The van der Waals surface area contributed by atoms with Gasteiger partial charge in [-0.2, -0.15) is 0 Å². The Kier molecular flexibility index (Phi) is 9.88. The minimum absolute atomic E-state index is 0.277. The number of hydrogen-bond acceptors (Lipinski definition) is 3. The van der Waals surface area contributed by atoms with Crippen LogP contribution in [0.3, 0.4) is 0 Å². The SMILES string of the molecule is CCCNC(C)(CCCOCCCC(C)C)C(N)=O. The minimum atomic E-state index is -0.600. The molecule has 0 saturated heterocycles. The molecule has 4 heteroatoms. The molecular formula is C15H32N2O2. The molecule has 0 aliphatic carbocycles. The molecule has 0 fully saturated rings. The van der Waals surface area contributed by atoms with Gasteiger partial charge in [-0.15, -0.1) is 0 Å². The average Bonchev–Trinajstić information content (AvgIpc) is 2.34. The lowest BCUT2D eigenvalue weighted by molar-refractivity contribution is -0.124. The maximum absolute atomic E-state index is 11.5. The van der Waals surface area contributed by atoms with Gasteiger partial charge in [0.1, 0.15) is 0 Å². The Morgan fingerprint density at radius 2 is 1.95 bits per heavy atom. The Morgan fingerprint density at radius 3 is 2.47 bits per heavy atom. The molecule has 0 heterocycles. The van der Waals surface area contributed by atoms with Crippen molar-refractivity contribution in [2.24, 2.45) is 11.7 Å². The topological polar surface area (TPSA) is 64.3 Å². The zero-order chi connectivity index (χ0) is 14.7. The van der Waals surface area contributed by atoms with Crippen molar-refractivity contribution in [3.63, 3.8) is 0 Å². The lowest BCUT2D eigenvalue weighted by Gasteiger charge is -2.27. The van der Waals surface area contributed by atoms with Crippen LogP contribution in [0, 0.1) is 5.92 Å². The third kappa shape index (κ3) is 9.00. The van der Waals surface area contributed by atoms with Crippen LogP contribution in [0.4, 0.5) is 0 Å². The molecule has 1 unspecified atom stereocenters. The summed E-state index contributed by atoms with van der Waals surface area (Å²) in [5.41, 5.74) is 4.87. The molecule has 1 amide bonds. The zero-order valence-electron chi connectivity index (χ0n) is 13.1. The van der Waals surface area contributed by atoms with Crippen LogP contribution in [0.15, 0.2) is 0 Å². The van der Waals surface area contributed by atoms with E-state index >= 15 is 0 Å². The van der Waals surface area contributed by atoms with Crippen molar-refractivity contribution in [3.8, 4) is 0 Å². The summed E-state index contributed by atoms with van der Waals surface area (Å²) in [6, 6.07) is 0. The fourth-order valence-corrected chi connectivity index (χ4v) is 1.92. The number of carbonyl (C=O) groups excluding carboxylic acids is 1. The third-order valence-electron chi connectivity index (χ3n) is 3.34. The van der Waals surface area contributed by atoms with E-state index in [1.54, 1.807) is 0 Å². The van der Waals surface area contributed by atoms with Gasteiger partial charge in [0.05, 0.1) is 5.54 Å². The van der Waals surface area contributed by atoms with E-state index in [9.17, 15) is 4.79 Å². The minimum Gasteiger partial charge on any atom is -0.381 e. The molecule has 0 aliphatic rings. The molecule has 0 rings (SSSR count). The molecule has 0 aliphatic heterocycles. The van der Waals surface area contributed by atoms with Gasteiger partial charge in [-0.05, 0) is 51.5 Å². The Hall–Kier alpha value is -0.610. The molecule has 114 valence electrons. The Balaban J connectivity index is 3.73. The molecular weight excluding hydrogens is 240 g/mol. The summed E-state index contributed by atoms with van der Waals surface area (Å²) < 4.78 is 5.58. The smallest absolute Gasteiger partial charge is 0.237 e. The van der Waals surface area contributed by atoms with Crippen molar-refractivity contribution in [3.05, 3.63) is 0 Å². The summed E-state index contributed by atoms with van der Waals surface area (Å²) in [6.45, 7) is 10.7. The molecule has 0 radical (unpaired) electrons. The number of rotatable bonds is 12. The number of primary amides is 1. The first-order valence-corrected chi connectivity index (χ1v) is 7.55. The second-order valence-corrected chi connectivity index (χ2v) is 5.88. The molecule has 0 bridgehead atoms. The van der Waals surface area contributed by atoms with E-state index in [-0.39, 0.29) is 5.91 Å². The summed E-state index contributed by atoms with van der Waals surface area (Å²) in [5, 5.41) is 3.23. The highest BCUT2D eigenvalue weighted by atomic mass is 16.5. The molecule has 19 heavy (non-hydrogen) atoms. The predicted octanol–water partition coefficient (Wildman–Crippen LogP) is 2.46. The van der Waals surface area contributed by atoms with Crippen molar-refractivity contribution in [1.82, 2.24) is 5.32 Å². The summed E-state index contributed by atoms with van der Waals surface area (Å²) in [6.07, 6.45) is 4.90. The molecule has 0 aromatic rings. The van der Waals surface area contributed by atoms with E-state index < -0.39 is 5.54 Å². The highest BCUT2D eigenvalue weighted by Crippen LogP contribution is 2.12. The van der Waals surface area contributed by atoms with E-state index in [1.165, 1.54) is 6.42 Å². The number of nitrogens with one attached hydrogen (secondary N) is 1. The second kappa shape index (κ2) is 10.2. The van der Waals surface area contributed by atoms with Gasteiger partial charge in [-0.3, -0.25) is 4.79 Å². The van der Waals surface area contributed by atoms with Crippen LogP contribution in [0.1, 0.15) is 59.8 Å². The van der Waals surface area contributed by atoms with Crippen LogP contribution >= 0.6 is 0 Å². The maximum atomic E-state index is 11.5. The highest BCUT2D eigenvalue weighted by molar-refractivity contribution is 5.84. The van der Waals surface area contributed by atoms with Crippen molar-refractivity contribution in [2.45, 2.75) is 65.3 Å². The van der Waals surface area contributed by atoms with Crippen molar-refractivity contribution >= 4 is 5.91 Å².